The fourth-order valence-electron chi connectivity index (χ4n) is 2.50. The van der Waals surface area contributed by atoms with E-state index < -0.39 is 17.9 Å². The summed E-state index contributed by atoms with van der Waals surface area (Å²) in [5, 5.41) is 8.96. The number of hydrogen-bond donors (Lipinski definition) is 2. The van der Waals surface area contributed by atoms with Crippen molar-refractivity contribution >= 4 is 5.97 Å². The summed E-state index contributed by atoms with van der Waals surface area (Å²) in [6.07, 6.45) is 6.70. The van der Waals surface area contributed by atoms with Gasteiger partial charge in [-0.3, -0.25) is 4.79 Å². The van der Waals surface area contributed by atoms with Gasteiger partial charge in [-0.25, -0.2) is 0 Å². The molecule has 0 saturated carbocycles. The van der Waals surface area contributed by atoms with E-state index in [9.17, 15) is 4.79 Å². The monoisotopic (exact) mass is 331 g/mol. The Kier molecular flexibility index (Phi) is 8.44. The normalized spacial score (nSPS) is 17.5. The maximum Gasteiger partial charge on any atom is 0.308 e. The van der Waals surface area contributed by atoms with Crippen LogP contribution >= 0.6 is 0 Å². The van der Waals surface area contributed by atoms with Crippen LogP contribution in [0.2, 0.25) is 0 Å². The van der Waals surface area contributed by atoms with Crippen LogP contribution in [0.3, 0.4) is 0 Å². The zero-order valence-corrected chi connectivity index (χ0v) is 15.0. The zero-order chi connectivity index (χ0) is 18.1. The van der Waals surface area contributed by atoms with Gasteiger partial charge in [0.15, 0.2) is 0 Å². The number of rotatable bonds is 9. The highest BCUT2D eigenvalue weighted by atomic mass is 16.5. The number of methoxy groups -OCH3 is 1. The third kappa shape index (κ3) is 6.69. The van der Waals surface area contributed by atoms with Gasteiger partial charge in [-0.1, -0.05) is 68.0 Å². The lowest BCUT2D eigenvalue weighted by Crippen LogP contribution is -2.31. The molecule has 3 N–H and O–H groups in total. The molecule has 0 spiro atoms. The van der Waals surface area contributed by atoms with Gasteiger partial charge in [-0.05, 0) is 18.9 Å². The van der Waals surface area contributed by atoms with Crippen molar-refractivity contribution in [2.45, 2.75) is 39.3 Å². The van der Waals surface area contributed by atoms with Crippen molar-refractivity contribution in [1.29, 1.82) is 0 Å². The molecule has 0 heterocycles. The first kappa shape index (κ1) is 20.1. The smallest absolute Gasteiger partial charge is 0.308 e. The van der Waals surface area contributed by atoms with Crippen molar-refractivity contribution in [1.82, 2.24) is 0 Å². The Morgan fingerprint density at radius 2 is 1.92 bits per heavy atom. The molecule has 1 aromatic carbocycles. The highest BCUT2D eigenvalue weighted by Gasteiger charge is 2.17. The number of carbonyl (C=O) groups is 1. The lowest BCUT2D eigenvalue weighted by atomic mass is 9.95. The van der Waals surface area contributed by atoms with Gasteiger partial charge in [0.1, 0.15) is 0 Å². The molecule has 0 aliphatic rings. The summed E-state index contributed by atoms with van der Waals surface area (Å²) in [7, 11) is 1.73. The second-order valence-electron chi connectivity index (χ2n) is 6.30. The molecule has 132 valence electrons. The van der Waals surface area contributed by atoms with Crippen LogP contribution in [0.5, 0.6) is 0 Å². The summed E-state index contributed by atoms with van der Waals surface area (Å²) < 4.78 is 5.64. The maximum atomic E-state index is 10.9. The molecular weight excluding hydrogens is 302 g/mol. The summed E-state index contributed by atoms with van der Waals surface area (Å²) >= 11 is 0. The minimum Gasteiger partial charge on any atom is -0.481 e. The molecule has 0 fully saturated rings. The van der Waals surface area contributed by atoms with Gasteiger partial charge in [0.2, 0.25) is 0 Å². The minimum absolute atomic E-state index is 0.0855. The Labute approximate surface area is 145 Å². The SMILES string of the molecule is CO[C@@H](Cc1ccccc1)C(C)C=C(C)C=C[C@H](N)[C@H](C)C(=O)O. The Balaban J connectivity index is 2.69. The molecule has 0 radical (unpaired) electrons. The Morgan fingerprint density at radius 3 is 2.46 bits per heavy atom. The molecule has 0 bridgehead atoms. The van der Waals surface area contributed by atoms with E-state index in [-0.39, 0.29) is 12.0 Å². The molecular formula is C20H29NO3. The Bertz CT molecular complexity index is 566. The van der Waals surface area contributed by atoms with Crippen LogP contribution in [0.4, 0.5) is 0 Å². The topological polar surface area (TPSA) is 72.5 Å². The lowest BCUT2D eigenvalue weighted by Gasteiger charge is -2.21. The van der Waals surface area contributed by atoms with Crippen LogP contribution in [-0.2, 0) is 16.0 Å². The van der Waals surface area contributed by atoms with Crippen LogP contribution in [0.25, 0.3) is 0 Å². The van der Waals surface area contributed by atoms with Crippen molar-refractivity contribution in [3.63, 3.8) is 0 Å². The largest absolute Gasteiger partial charge is 0.481 e. The highest BCUT2D eigenvalue weighted by molar-refractivity contribution is 5.70. The van der Waals surface area contributed by atoms with Gasteiger partial charge in [0.25, 0.3) is 0 Å². The molecule has 1 unspecified atom stereocenters. The fraction of sp³-hybridized carbons (Fsp3) is 0.450. The molecule has 24 heavy (non-hydrogen) atoms. The van der Waals surface area contributed by atoms with E-state index in [1.165, 1.54) is 5.56 Å². The predicted octanol–water partition coefficient (Wildman–Crippen LogP) is 3.43. The number of carboxylic acid groups (broad SMARTS) is 1. The van der Waals surface area contributed by atoms with Gasteiger partial charge in [-0.2, -0.15) is 0 Å². The second kappa shape index (κ2) is 10.1. The van der Waals surface area contributed by atoms with Crippen molar-refractivity contribution in [2.24, 2.45) is 17.6 Å². The summed E-state index contributed by atoms with van der Waals surface area (Å²) in [6, 6.07) is 9.76. The molecule has 0 aliphatic heterocycles. The molecule has 1 aromatic rings. The number of nitrogens with two attached hydrogens (primary N) is 1. The van der Waals surface area contributed by atoms with Gasteiger partial charge in [0.05, 0.1) is 12.0 Å². The zero-order valence-electron chi connectivity index (χ0n) is 15.0. The van der Waals surface area contributed by atoms with Gasteiger partial charge < -0.3 is 15.6 Å². The summed E-state index contributed by atoms with van der Waals surface area (Å²) in [5.41, 5.74) is 8.16. The fourth-order valence-corrected chi connectivity index (χ4v) is 2.50. The standard InChI is InChI=1S/C20H29NO3/c1-14(10-11-18(21)16(3)20(22)23)12-15(2)19(24-4)13-17-8-6-5-7-9-17/h5-12,15-16,18-19H,13,21H2,1-4H3,(H,22,23)/t15?,16-,18-,19-/m0/s1. The van der Waals surface area contributed by atoms with Crippen LogP contribution in [0.1, 0.15) is 26.3 Å². The Morgan fingerprint density at radius 1 is 1.29 bits per heavy atom. The number of ether oxygens (including phenoxy) is 1. The van der Waals surface area contributed by atoms with Crippen LogP contribution in [-0.4, -0.2) is 30.3 Å². The molecule has 4 atom stereocenters. The van der Waals surface area contributed by atoms with Crippen molar-refractivity contribution in [3.8, 4) is 0 Å². The van der Waals surface area contributed by atoms with Crippen molar-refractivity contribution in [3.05, 3.63) is 59.7 Å². The van der Waals surface area contributed by atoms with E-state index in [4.69, 9.17) is 15.6 Å². The average Bonchev–Trinajstić information content (AvgIpc) is 2.57. The molecule has 1 rings (SSSR count). The molecule has 0 aliphatic carbocycles. The van der Waals surface area contributed by atoms with Crippen LogP contribution in [0.15, 0.2) is 54.1 Å². The quantitative estimate of drug-likeness (QED) is 0.680. The lowest BCUT2D eigenvalue weighted by molar-refractivity contribution is -0.141. The minimum atomic E-state index is -0.885. The summed E-state index contributed by atoms with van der Waals surface area (Å²) in [4.78, 5) is 10.9. The van der Waals surface area contributed by atoms with E-state index >= 15 is 0 Å². The first-order chi connectivity index (χ1) is 11.3. The third-order valence-electron chi connectivity index (χ3n) is 4.24. The molecule has 0 saturated heterocycles. The van der Waals surface area contributed by atoms with E-state index in [0.717, 1.165) is 12.0 Å². The number of carboxylic acids is 1. The predicted molar refractivity (Wildman–Crippen MR) is 97.8 cm³/mol. The van der Waals surface area contributed by atoms with E-state index in [2.05, 4.69) is 25.1 Å². The second-order valence-corrected chi connectivity index (χ2v) is 6.30. The number of hydrogen-bond acceptors (Lipinski definition) is 3. The van der Waals surface area contributed by atoms with Crippen molar-refractivity contribution < 1.29 is 14.6 Å². The molecule has 4 nitrogen and oxygen atoms in total. The first-order valence-corrected chi connectivity index (χ1v) is 8.26. The van der Waals surface area contributed by atoms with E-state index in [0.29, 0.717) is 0 Å². The van der Waals surface area contributed by atoms with Gasteiger partial charge >= 0.3 is 5.97 Å². The van der Waals surface area contributed by atoms with Gasteiger partial charge in [0, 0.05) is 19.1 Å². The third-order valence-corrected chi connectivity index (χ3v) is 4.24. The number of benzene rings is 1. The van der Waals surface area contributed by atoms with E-state index in [1.807, 2.05) is 31.2 Å². The molecule has 0 amide bonds. The number of aliphatic carboxylic acids is 1. The summed E-state index contributed by atoms with van der Waals surface area (Å²) in [6.45, 7) is 5.72. The van der Waals surface area contributed by atoms with Crippen LogP contribution < -0.4 is 5.73 Å². The van der Waals surface area contributed by atoms with Crippen molar-refractivity contribution in [2.75, 3.05) is 7.11 Å². The molecule has 0 aromatic heterocycles. The number of allylic oxidation sites excluding steroid dienone is 2. The van der Waals surface area contributed by atoms with Gasteiger partial charge in [-0.15, -0.1) is 0 Å². The summed E-state index contributed by atoms with van der Waals surface area (Å²) in [5.74, 6) is -1.26. The van der Waals surface area contributed by atoms with Crippen LogP contribution in [0, 0.1) is 11.8 Å². The average molecular weight is 331 g/mol. The Hall–Kier alpha value is -1.91. The first-order valence-electron chi connectivity index (χ1n) is 8.26. The maximum absolute atomic E-state index is 10.9. The van der Waals surface area contributed by atoms with E-state index in [1.54, 1.807) is 20.1 Å². The highest BCUT2D eigenvalue weighted by Crippen LogP contribution is 2.17. The molecule has 4 heteroatoms.